The Balaban J connectivity index is 0.000000179. The van der Waals surface area contributed by atoms with E-state index in [0.717, 1.165) is 90.9 Å². The molecule has 16 atom stereocenters. The van der Waals surface area contributed by atoms with Crippen LogP contribution >= 0.6 is 21.2 Å². The molecule has 0 bridgehead atoms. The summed E-state index contributed by atoms with van der Waals surface area (Å²) in [5, 5.41) is 20.9. The van der Waals surface area contributed by atoms with Gasteiger partial charge in [-0.1, -0.05) is 26.2 Å². The SMILES string of the molecule is CC(=O)C1=CC[C@H]2[C@@H]3CC[C@@H]4C[C@](C)(O)CC[C@@H]4[C@H]3CC[C@]12C.CC(=O)[C@@]12C[C@@H]1C[C@H]1[C@@H]3CC[C@@H]4C[C@](C)(O)CC[C@@H]4[C@H]3CC[C@@]12C.CS(C)(C)(=O)I.[H-].[Na+]. The molecule has 0 heterocycles. The molecule has 0 aromatic heterocycles. The molecule has 0 spiro atoms. The van der Waals surface area contributed by atoms with E-state index in [1.807, 2.05) is 42.0 Å². The summed E-state index contributed by atoms with van der Waals surface area (Å²) < 4.78 is 10.8. The van der Waals surface area contributed by atoms with Crippen LogP contribution in [-0.4, -0.2) is 56.0 Å². The van der Waals surface area contributed by atoms with Gasteiger partial charge in [0.25, 0.3) is 0 Å². The molecular weight excluding hydrogens is 814 g/mol. The van der Waals surface area contributed by atoms with Crippen molar-refractivity contribution >= 4 is 39.0 Å². The van der Waals surface area contributed by atoms with Gasteiger partial charge in [-0.15, -0.1) is 0 Å². The first-order chi connectivity index (χ1) is 24.3. The van der Waals surface area contributed by atoms with E-state index in [-0.39, 0.29) is 41.8 Å². The second-order valence-electron chi connectivity index (χ2n) is 22.6. The van der Waals surface area contributed by atoms with Crippen LogP contribution in [0.4, 0.5) is 0 Å². The van der Waals surface area contributed by atoms with Crippen molar-refractivity contribution in [3.63, 3.8) is 0 Å². The van der Waals surface area contributed by atoms with Gasteiger partial charge in [-0.2, -0.15) is 0 Å². The van der Waals surface area contributed by atoms with E-state index in [2.05, 4.69) is 19.9 Å². The molecule has 9 aliphatic carbocycles. The minimum Gasteiger partial charge on any atom is -1.00 e. The summed E-state index contributed by atoms with van der Waals surface area (Å²) in [5.74, 6) is 9.64. The Labute approximate surface area is 364 Å². The normalized spacial score (nSPS) is 51.6. The van der Waals surface area contributed by atoms with Crippen molar-refractivity contribution in [1.82, 2.24) is 0 Å². The first-order valence-corrected chi connectivity index (χ1v) is 27.6. The molecule has 8 fully saturated rings. The van der Waals surface area contributed by atoms with Crippen LogP contribution in [0.5, 0.6) is 0 Å². The Morgan fingerprint density at radius 2 is 1.17 bits per heavy atom. The summed E-state index contributed by atoms with van der Waals surface area (Å²) in [6.07, 6.45) is 26.0. The van der Waals surface area contributed by atoms with Crippen LogP contribution in [-0.2, 0) is 15.8 Å². The third-order valence-electron chi connectivity index (χ3n) is 18.1. The predicted molar refractivity (Wildman–Crippen MR) is 227 cm³/mol. The molecule has 0 radical (unpaired) electrons. The molecule has 9 aliphatic rings. The smallest absolute Gasteiger partial charge is 1.00 e. The van der Waals surface area contributed by atoms with Crippen molar-refractivity contribution in [3.8, 4) is 0 Å². The molecule has 304 valence electrons. The van der Waals surface area contributed by atoms with Crippen LogP contribution in [0.3, 0.4) is 0 Å². The van der Waals surface area contributed by atoms with Crippen LogP contribution in [0.2, 0.25) is 0 Å². The molecule has 5 nitrogen and oxygen atoms in total. The first-order valence-electron chi connectivity index (χ1n) is 21.8. The summed E-state index contributed by atoms with van der Waals surface area (Å²) in [5.41, 5.74) is 0.834. The fourth-order valence-corrected chi connectivity index (χ4v) is 16.0. The predicted octanol–water partition coefficient (Wildman–Crippen LogP) is 7.27. The Hall–Kier alpha value is 0.880. The number of carbonyl (C=O) groups is 2. The molecule has 8 saturated carbocycles. The van der Waals surface area contributed by atoms with E-state index in [4.69, 9.17) is 0 Å². The van der Waals surface area contributed by atoms with Crippen molar-refractivity contribution in [2.24, 2.45) is 81.3 Å². The number of carbonyl (C=O) groups excluding carboxylic acids is 2. The molecule has 0 unspecified atom stereocenters. The Morgan fingerprint density at radius 3 is 1.65 bits per heavy atom. The van der Waals surface area contributed by atoms with Gasteiger partial charge in [-0.05, 0) is 237 Å². The fourth-order valence-electron chi connectivity index (χ4n) is 16.0. The third-order valence-corrected chi connectivity index (χ3v) is 18.1. The van der Waals surface area contributed by atoms with Crippen molar-refractivity contribution in [1.29, 1.82) is 0 Å². The number of aliphatic hydroxyl groups is 2. The zero-order valence-electron chi connectivity index (χ0n) is 36.9. The van der Waals surface area contributed by atoms with Gasteiger partial charge in [0.1, 0.15) is 5.78 Å². The molecule has 0 amide bonds. The maximum Gasteiger partial charge on any atom is 1.00 e. The van der Waals surface area contributed by atoms with Crippen molar-refractivity contribution in [3.05, 3.63) is 11.6 Å². The molecule has 0 saturated heterocycles. The standard InChI is InChI=1S/C22H34O2.C21H32O2.C3H9IOS.Na.H/c1-13(23)22-12-15(22)10-19-18-5-4-14-11-20(2,24)8-6-16(14)17(18)7-9-21(19,22)3;1-13(22)18-6-7-19-17-5-4-14-12-20(2,23)10-8-15(14)16(17)9-11-21(18,19)3;1-6(2,3,4)5;;/h14-19,24H,4-12H2,1-3H3;6,14-17,19,23H,4-5,7-12H2,1-3H3;1-3H3;;/q;;;+1;-1/t14-,15+,16+,17-,18-,19+,20-,21+,22+;14-,15+,16-,17-,19+,20-,21-;;;/m11.../s1. The first kappa shape index (κ1) is 44.4. The van der Waals surface area contributed by atoms with E-state index in [9.17, 15) is 24.0 Å². The molecule has 0 aliphatic heterocycles. The molecule has 0 aromatic rings. The quantitative estimate of drug-likeness (QED) is 0.173. The number of allylic oxidation sites excluding steroid dienone is 2. The number of ketones is 2. The van der Waals surface area contributed by atoms with E-state index in [1.54, 1.807) is 25.7 Å². The van der Waals surface area contributed by atoms with Crippen LogP contribution < -0.4 is 29.6 Å². The van der Waals surface area contributed by atoms with Crippen LogP contribution in [0.1, 0.15) is 152 Å². The zero-order valence-corrected chi connectivity index (χ0v) is 40.8. The maximum absolute atomic E-state index is 12.5. The number of rotatable bonds is 2. The Bertz CT molecular complexity index is 1570. The molecule has 2 N–H and O–H groups in total. The van der Waals surface area contributed by atoms with Gasteiger partial charge in [-0.25, -0.2) is 0 Å². The zero-order chi connectivity index (χ0) is 38.8. The van der Waals surface area contributed by atoms with Gasteiger partial charge in [0, 0.05) is 26.6 Å². The van der Waals surface area contributed by atoms with Crippen molar-refractivity contribution in [2.75, 3.05) is 18.8 Å². The van der Waals surface area contributed by atoms with E-state index in [0.29, 0.717) is 28.8 Å². The summed E-state index contributed by atoms with van der Waals surface area (Å²) in [6, 6.07) is 0. The van der Waals surface area contributed by atoms with Crippen LogP contribution in [0.25, 0.3) is 0 Å². The second-order valence-corrected chi connectivity index (χ2v) is 36.1. The van der Waals surface area contributed by atoms with Gasteiger partial charge >= 0.3 is 29.6 Å². The third kappa shape index (κ3) is 8.18. The number of Topliss-reactive ketones (excluding diaryl/α,β-unsaturated/α-hetero) is 2. The minimum absolute atomic E-state index is 0. The summed E-state index contributed by atoms with van der Waals surface area (Å²) in [6.45, 7) is 12.6. The molecule has 8 heteroatoms. The average molecular weight is 891 g/mol. The minimum atomic E-state index is -2.13. The van der Waals surface area contributed by atoms with Crippen molar-refractivity contribution < 1.29 is 55.0 Å². The average Bonchev–Trinajstić information content (AvgIpc) is 3.57. The Morgan fingerprint density at radius 1 is 0.704 bits per heavy atom. The summed E-state index contributed by atoms with van der Waals surface area (Å²) >= 11 is 1.96. The number of halogens is 1. The maximum atomic E-state index is 12.5. The number of hydrogen-bond acceptors (Lipinski definition) is 5. The largest absolute Gasteiger partial charge is 1.00 e. The fraction of sp³-hybridized carbons (Fsp3) is 0.913. The van der Waals surface area contributed by atoms with Crippen LogP contribution in [0, 0.1) is 81.3 Å². The second kappa shape index (κ2) is 14.8. The Kier molecular flexibility index (Phi) is 12.2. The van der Waals surface area contributed by atoms with E-state index < -0.39 is 17.4 Å². The van der Waals surface area contributed by atoms with Crippen LogP contribution in [0.15, 0.2) is 11.6 Å². The topological polar surface area (TPSA) is 91.7 Å². The van der Waals surface area contributed by atoms with Gasteiger partial charge in [0.05, 0.1) is 11.2 Å². The van der Waals surface area contributed by atoms with Gasteiger partial charge in [0.2, 0.25) is 0 Å². The van der Waals surface area contributed by atoms with Gasteiger partial charge in [-0.3, -0.25) is 13.8 Å². The van der Waals surface area contributed by atoms with Gasteiger partial charge < -0.3 is 11.6 Å². The number of fused-ring (bicyclic) bond motifs is 12. The molecule has 9 rings (SSSR count). The van der Waals surface area contributed by atoms with E-state index in [1.165, 1.54) is 77.0 Å². The van der Waals surface area contributed by atoms with Crippen molar-refractivity contribution in [2.45, 2.75) is 162 Å². The number of hydrogen-bond donors (Lipinski definition) is 2. The molecular formula is C46H76INaO5S. The monoisotopic (exact) mass is 890 g/mol. The van der Waals surface area contributed by atoms with Gasteiger partial charge in [0.15, 0.2) is 5.78 Å². The summed E-state index contributed by atoms with van der Waals surface area (Å²) in [7, 11) is 0. The molecule has 0 aromatic carbocycles. The summed E-state index contributed by atoms with van der Waals surface area (Å²) in [4.78, 5) is 24.6. The molecule has 54 heavy (non-hydrogen) atoms. The van der Waals surface area contributed by atoms with E-state index >= 15 is 0 Å².